The molecule has 0 aromatic carbocycles. The van der Waals surface area contributed by atoms with Gasteiger partial charge >= 0.3 is 12.1 Å². The maximum absolute atomic E-state index is 12.8. The number of esters is 1. The zero-order chi connectivity index (χ0) is 14.0. The van der Waals surface area contributed by atoms with Crippen LogP contribution in [0.4, 0.5) is 13.2 Å². The molecule has 0 fully saturated rings. The Balaban J connectivity index is 2.90. The van der Waals surface area contributed by atoms with E-state index in [1.165, 1.54) is 0 Å². The van der Waals surface area contributed by atoms with Crippen molar-refractivity contribution < 1.29 is 22.7 Å². The average molecular weight is 264 g/mol. The summed E-state index contributed by atoms with van der Waals surface area (Å²) in [5, 5.41) is 3.58. The van der Waals surface area contributed by atoms with Crippen LogP contribution in [0.15, 0.2) is 12.4 Å². The Kier molecular flexibility index (Phi) is 4.03. The van der Waals surface area contributed by atoms with Crippen molar-refractivity contribution in [1.82, 2.24) is 9.78 Å². The fourth-order valence-electron chi connectivity index (χ4n) is 1.14. The summed E-state index contributed by atoms with van der Waals surface area (Å²) in [4.78, 5) is 11.4. The minimum absolute atomic E-state index is 0.0146. The summed E-state index contributed by atoms with van der Waals surface area (Å²) in [5.74, 6) is -0.666. The van der Waals surface area contributed by atoms with Gasteiger partial charge in [0.05, 0.1) is 18.4 Å². The number of rotatable bonds is 4. The van der Waals surface area contributed by atoms with Crippen molar-refractivity contribution in [1.29, 1.82) is 0 Å². The third-order valence-corrected chi connectivity index (χ3v) is 2.52. The van der Waals surface area contributed by atoms with Crippen molar-refractivity contribution in [2.24, 2.45) is 0 Å². The fraction of sp³-hybridized carbons (Fsp3) is 0.636. The molecule has 0 atom stereocenters. The first-order chi connectivity index (χ1) is 8.20. The highest BCUT2D eigenvalue weighted by Crippen LogP contribution is 2.35. The lowest BCUT2D eigenvalue weighted by Gasteiger charge is -2.27. The van der Waals surface area contributed by atoms with Gasteiger partial charge in [0.1, 0.15) is 0 Å². The molecule has 1 rings (SSSR count). The standard InChI is InChI=1S/C11H15F3N2O2/c1-4-5-18-9(17)8-6-15-16(7-8)10(2,3)11(12,13)14/h6-7H,4-5H2,1-3H3. The molecule has 0 saturated carbocycles. The number of halogens is 3. The van der Waals surface area contributed by atoms with Gasteiger partial charge in [-0.3, -0.25) is 4.68 Å². The predicted molar refractivity (Wildman–Crippen MR) is 58.2 cm³/mol. The summed E-state index contributed by atoms with van der Waals surface area (Å²) in [7, 11) is 0. The van der Waals surface area contributed by atoms with Gasteiger partial charge in [-0.25, -0.2) is 4.79 Å². The summed E-state index contributed by atoms with van der Waals surface area (Å²) in [6.07, 6.45) is -1.69. The molecule has 0 aliphatic carbocycles. The smallest absolute Gasteiger partial charge is 0.413 e. The molecule has 4 nitrogen and oxygen atoms in total. The lowest BCUT2D eigenvalue weighted by molar-refractivity contribution is -0.205. The van der Waals surface area contributed by atoms with E-state index in [2.05, 4.69) is 5.10 Å². The number of alkyl halides is 3. The summed E-state index contributed by atoms with van der Waals surface area (Å²) in [6.45, 7) is 4.03. The quantitative estimate of drug-likeness (QED) is 0.785. The van der Waals surface area contributed by atoms with Crippen LogP contribution in [-0.2, 0) is 10.3 Å². The largest absolute Gasteiger partial charge is 0.462 e. The van der Waals surface area contributed by atoms with E-state index in [0.717, 1.165) is 30.9 Å². The summed E-state index contributed by atoms with van der Waals surface area (Å²) >= 11 is 0. The van der Waals surface area contributed by atoms with Gasteiger partial charge in [0.15, 0.2) is 5.54 Å². The number of carbonyl (C=O) groups excluding carboxylic acids is 1. The van der Waals surface area contributed by atoms with Gasteiger partial charge in [-0.1, -0.05) is 6.92 Å². The molecule has 0 aliphatic heterocycles. The van der Waals surface area contributed by atoms with Crippen molar-refractivity contribution in [3.63, 3.8) is 0 Å². The van der Waals surface area contributed by atoms with Crippen LogP contribution in [0, 0.1) is 0 Å². The molecule has 1 aromatic rings. The predicted octanol–water partition coefficient (Wildman–Crippen LogP) is 2.75. The van der Waals surface area contributed by atoms with Gasteiger partial charge in [-0.05, 0) is 20.3 Å². The molecular formula is C11H15F3N2O2. The molecule has 1 aromatic heterocycles. The second-order valence-corrected chi connectivity index (χ2v) is 4.37. The first-order valence-electron chi connectivity index (χ1n) is 5.49. The second-order valence-electron chi connectivity index (χ2n) is 4.37. The minimum Gasteiger partial charge on any atom is -0.462 e. The Morgan fingerprint density at radius 1 is 1.44 bits per heavy atom. The number of hydrogen-bond acceptors (Lipinski definition) is 3. The summed E-state index contributed by atoms with van der Waals surface area (Å²) in [6, 6.07) is 0. The van der Waals surface area contributed by atoms with E-state index in [-0.39, 0.29) is 12.2 Å². The van der Waals surface area contributed by atoms with Crippen LogP contribution in [0.25, 0.3) is 0 Å². The highest BCUT2D eigenvalue weighted by Gasteiger charge is 2.49. The Hall–Kier alpha value is -1.53. The van der Waals surface area contributed by atoms with Crippen LogP contribution >= 0.6 is 0 Å². The second kappa shape index (κ2) is 4.99. The van der Waals surface area contributed by atoms with E-state index in [9.17, 15) is 18.0 Å². The normalized spacial score (nSPS) is 12.6. The molecule has 0 unspecified atom stereocenters. The van der Waals surface area contributed by atoms with Crippen LogP contribution in [0.1, 0.15) is 37.6 Å². The van der Waals surface area contributed by atoms with Gasteiger partial charge in [0.2, 0.25) is 0 Å². The molecule has 0 bridgehead atoms. The molecule has 0 aliphatic rings. The van der Waals surface area contributed by atoms with Crippen LogP contribution in [-0.4, -0.2) is 28.5 Å². The van der Waals surface area contributed by atoms with Crippen molar-refractivity contribution >= 4 is 5.97 Å². The molecular weight excluding hydrogens is 249 g/mol. The van der Waals surface area contributed by atoms with Gasteiger partial charge in [-0.2, -0.15) is 18.3 Å². The van der Waals surface area contributed by atoms with E-state index < -0.39 is 17.7 Å². The van der Waals surface area contributed by atoms with Gasteiger partial charge in [0.25, 0.3) is 0 Å². The average Bonchev–Trinajstić information content (AvgIpc) is 2.73. The van der Waals surface area contributed by atoms with Crippen molar-refractivity contribution in [3.8, 4) is 0 Å². The Labute approximate surface area is 103 Å². The van der Waals surface area contributed by atoms with Crippen LogP contribution in [0.3, 0.4) is 0 Å². The molecule has 0 amide bonds. The monoisotopic (exact) mass is 264 g/mol. The minimum atomic E-state index is -4.45. The molecule has 102 valence electrons. The molecule has 7 heteroatoms. The van der Waals surface area contributed by atoms with E-state index in [1.54, 1.807) is 0 Å². The molecule has 0 N–H and O–H groups in total. The number of nitrogens with zero attached hydrogens (tertiary/aromatic N) is 2. The number of ether oxygens (including phenoxy) is 1. The zero-order valence-corrected chi connectivity index (χ0v) is 10.4. The zero-order valence-electron chi connectivity index (χ0n) is 10.4. The Morgan fingerprint density at radius 2 is 2.06 bits per heavy atom. The number of carbonyl (C=O) groups is 1. The van der Waals surface area contributed by atoms with Gasteiger partial charge in [-0.15, -0.1) is 0 Å². The molecule has 0 spiro atoms. The molecule has 0 saturated heterocycles. The topological polar surface area (TPSA) is 44.1 Å². The molecule has 1 heterocycles. The SMILES string of the molecule is CCCOC(=O)c1cnn(C(C)(C)C(F)(F)F)c1. The lowest BCUT2D eigenvalue weighted by atomic mass is 10.1. The first kappa shape index (κ1) is 14.5. The van der Waals surface area contributed by atoms with Gasteiger partial charge < -0.3 is 4.74 Å². The van der Waals surface area contributed by atoms with E-state index in [1.807, 2.05) is 6.92 Å². The van der Waals surface area contributed by atoms with Gasteiger partial charge in [0, 0.05) is 6.20 Å². The summed E-state index contributed by atoms with van der Waals surface area (Å²) < 4.78 is 43.8. The third kappa shape index (κ3) is 2.83. The summed E-state index contributed by atoms with van der Waals surface area (Å²) in [5.41, 5.74) is -2.16. The Morgan fingerprint density at radius 3 is 2.56 bits per heavy atom. The van der Waals surface area contributed by atoms with E-state index >= 15 is 0 Å². The van der Waals surface area contributed by atoms with Crippen molar-refractivity contribution in [2.75, 3.05) is 6.61 Å². The highest BCUT2D eigenvalue weighted by atomic mass is 19.4. The maximum Gasteiger partial charge on any atom is 0.413 e. The van der Waals surface area contributed by atoms with Crippen molar-refractivity contribution in [3.05, 3.63) is 18.0 Å². The maximum atomic E-state index is 12.8. The van der Waals surface area contributed by atoms with Crippen LogP contribution < -0.4 is 0 Å². The third-order valence-electron chi connectivity index (χ3n) is 2.52. The van der Waals surface area contributed by atoms with E-state index in [0.29, 0.717) is 6.42 Å². The number of hydrogen-bond donors (Lipinski definition) is 0. The van der Waals surface area contributed by atoms with E-state index in [4.69, 9.17) is 4.74 Å². The van der Waals surface area contributed by atoms with Crippen LogP contribution in [0.2, 0.25) is 0 Å². The fourth-order valence-corrected chi connectivity index (χ4v) is 1.14. The Bertz CT molecular complexity index is 424. The lowest BCUT2D eigenvalue weighted by Crippen LogP contribution is -2.42. The highest BCUT2D eigenvalue weighted by molar-refractivity contribution is 5.88. The van der Waals surface area contributed by atoms with Crippen molar-refractivity contribution in [2.45, 2.75) is 38.9 Å². The molecule has 0 radical (unpaired) electrons. The number of aromatic nitrogens is 2. The van der Waals surface area contributed by atoms with Crippen LogP contribution in [0.5, 0.6) is 0 Å². The molecule has 18 heavy (non-hydrogen) atoms. The first-order valence-corrected chi connectivity index (χ1v) is 5.49.